The van der Waals surface area contributed by atoms with Gasteiger partial charge in [-0.25, -0.2) is 0 Å². The maximum Gasteiger partial charge on any atom is 0.303 e. The number of rotatable bonds is 2. The van der Waals surface area contributed by atoms with Crippen LogP contribution in [-0.2, 0) is 9.36 Å². The molecule has 1 rings (SSSR count). The molecule has 0 heterocycles. The number of hydrogen-bond acceptors (Lipinski definition) is 2. The van der Waals surface area contributed by atoms with Crippen molar-refractivity contribution in [2.75, 3.05) is 0 Å². The Morgan fingerprint density at radius 3 is 2.00 bits per heavy atom. The maximum absolute atomic E-state index is 10.4. The van der Waals surface area contributed by atoms with E-state index in [0.29, 0.717) is 5.30 Å². The van der Waals surface area contributed by atoms with E-state index in [2.05, 4.69) is 0 Å². The average Bonchev–Trinajstić information content (AvgIpc) is 2.20. The molecular weight excluding hydrogens is 203 g/mol. The fourth-order valence-corrected chi connectivity index (χ4v) is 1.06. The molecule has 0 saturated heterocycles. The molecule has 0 amide bonds. The van der Waals surface area contributed by atoms with Crippen molar-refractivity contribution in [1.82, 2.24) is 0 Å². The summed E-state index contributed by atoms with van der Waals surface area (Å²) in [4.78, 5) is 17.9. The molecule has 0 fully saturated rings. The lowest BCUT2D eigenvalue weighted by atomic mass is 10.4. The predicted octanol–water partition coefficient (Wildman–Crippen LogP) is 1.26. The Kier molecular flexibility index (Phi) is 6.72. The topological polar surface area (TPSA) is 74.6 Å². The van der Waals surface area contributed by atoms with E-state index in [1.807, 2.05) is 6.07 Å². The highest BCUT2D eigenvalue weighted by Crippen LogP contribution is 2.10. The lowest BCUT2D eigenvalue weighted by molar-refractivity contribution is -0.136. The molecule has 1 aromatic carbocycles. The van der Waals surface area contributed by atoms with E-state index in [1.165, 1.54) is 0 Å². The maximum atomic E-state index is 10.4. The summed E-state index contributed by atoms with van der Waals surface area (Å²) in [7, 11) is -2.46. The summed E-state index contributed by atoms with van der Waals surface area (Å²) in [6, 6.07) is 8.58. The monoisotopic (exact) mass is 216 g/mol. The lowest BCUT2D eigenvalue weighted by Crippen LogP contribution is -1.91. The van der Waals surface area contributed by atoms with E-state index in [4.69, 9.17) is 10.00 Å². The first-order chi connectivity index (χ1) is 6.57. The van der Waals surface area contributed by atoms with Crippen LogP contribution < -0.4 is 5.30 Å². The predicted molar refractivity (Wildman–Crippen MR) is 55.2 cm³/mol. The first-order valence-electron chi connectivity index (χ1n) is 4.08. The van der Waals surface area contributed by atoms with Gasteiger partial charge >= 0.3 is 5.97 Å². The quantitative estimate of drug-likeness (QED) is 0.730. The summed E-state index contributed by atoms with van der Waals surface area (Å²) in [6.07, 6.45) is 0.222. The van der Waals surface area contributed by atoms with Crippen LogP contribution in [0, 0.1) is 0 Å². The van der Waals surface area contributed by atoms with Gasteiger partial charge in [-0.3, -0.25) is 9.36 Å². The zero-order chi connectivity index (χ0) is 11.0. The molecule has 4 nitrogen and oxygen atoms in total. The molecule has 1 atom stereocenters. The Balaban J connectivity index is 0.000000292. The van der Waals surface area contributed by atoms with Crippen LogP contribution >= 0.6 is 8.03 Å². The minimum Gasteiger partial charge on any atom is -0.481 e. The van der Waals surface area contributed by atoms with Crippen LogP contribution in [-0.4, -0.2) is 16.0 Å². The summed E-state index contributed by atoms with van der Waals surface area (Å²) in [5.74, 6) is -0.745. The molecule has 0 aliphatic carbocycles. The Bertz CT molecular complexity index is 297. The number of benzene rings is 1. The van der Waals surface area contributed by atoms with Crippen LogP contribution in [0.25, 0.3) is 0 Å². The lowest BCUT2D eigenvalue weighted by Gasteiger charge is -1.90. The van der Waals surface area contributed by atoms with Crippen molar-refractivity contribution in [3.05, 3.63) is 30.3 Å². The summed E-state index contributed by atoms with van der Waals surface area (Å²) in [6.45, 7) is 1.60. The normalized spacial score (nSPS) is 11.0. The Morgan fingerprint density at radius 1 is 1.36 bits per heavy atom. The average molecular weight is 216 g/mol. The van der Waals surface area contributed by atoms with E-state index in [1.54, 1.807) is 31.2 Å². The number of carboxylic acids is 1. The smallest absolute Gasteiger partial charge is 0.303 e. The summed E-state index contributed by atoms with van der Waals surface area (Å²) in [5, 5.41) is 8.24. The summed E-state index contributed by atoms with van der Waals surface area (Å²) in [5.41, 5.74) is 0. The second-order valence-corrected chi connectivity index (χ2v) is 3.61. The van der Waals surface area contributed by atoms with Gasteiger partial charge in [-0.2, -0.15) is 0 Å². The van der Waals surface area contributed by atoms with Crippen molar-refractivity contribution in [3.63, 3.8) is 0 Å². The van der Waals surface area contributed by atoms with E-state index in [0.717, 1.165) is 0 Å². The van der Waals surface area contributed by atoms with Gasteiger partial charge in [-0.05, 0) is 12.1 Å². The minimum absolute atomic E-state index is 0.222. The molecule has 5 heteroatoms. The van der Waals surface area contributed by atoms with Crippen molar-refractivity contribution < 1.29 is 19.4 Å². The number of carbonyl (C=O) groups is 1. The molecule has 2 N–H and O–H groups in total. The third-order valence-electron chi connectivity index (χ3n) is 1.32. The van der Waals surface area contributed by atoms with Gasteiger partial charge in [0, 0.05) is 11.7 Å². The molecule has 0 bridgehead atoms. The van der Waals surface area contributed by atoms with Crippen LogP contribution in [0.5, 0.6) is 0 Å². The molecule has 0 aromatic heterocycles. The van der Waals surface area contributed by atoms with Crippen molar-refractivity contribution in [3.8, 4) is 0 Å². The van der Waals surface area contributed by atoms with E-state index in [9.17, 15) is 9.36 Å². The first kappa shape index (κ1) is 12.9. The molecule has 1 aromatic rings. The van der Waals surface area contributed by atoms with Crippen molar-refractivity contribution in [2.45, 2.75) is 13.3 Å². The third kappa shape index (κ3) is 6.40. The SMILES string of the molecule is CCC(=O)O.O=[PH](O)c1ccccc1. The molecule has 1 unspecified atom stereocenters. The zero-order valence-corrected chi connectivity index (χ0v) is 8.80. The highest BCUT2D eigenvalue weighted by atomic mass is 31.1. The van der Waals surface area contributed by atoms with Crippen LogP contribution in [0.3, 0.4) is 0 Å². The molecule has 0 aliphatic rings. The van der Waals surface area contributed by atoms with Gasteiger partial charge in [0.2, 0.25) is 8.03 Å². The molecule has 78 valence electrons. The fourth-order valence-electron chi connectivity index (χ4n) is 0.581. The highest BCUT2D eigenvalue weighted by molar-refractivity contribution is 7.47. The van der Waals surface area contributed by atoms with Gasteiger partial charge in [0.15, 0.2) is 0 Å². The van der Waals surface area contributed by atoms with E-state index in [-0.39, 0.29) is 6.42 Å². The summed E-state index contributed by atoms with van der Waals surface area (Å²) < 4.78 is 10.4. The van der Waals surface area contributed by atoms with Crippen molar-refractivity contribution in [2.24, 2.45) is 0 Å². The Morgan fingerprint density at radius 2 is 1.79 bits per heavy atom. The van der Waals surface area contributed by atoms with Crippen LogP contribution in [0.1, 0.15) is 13.3 Å². The number of aliphatic carboxylic acids is 1. The molecule has 0 saturated carbocycles. The van der Waals surface area contributed by atoms with Gasteiger partial charge < -0.3 is 10.00 Å². The van der Waals surface area contributed by atoms with Gasteiger partial charge in [-0.15, -0.1) is 0 Å². The van der Waals surface area contributed by atoms with E-state index >= 15 is 0 Å². The fraction of sp³-hybridized carbons (Fsp3) is 0.222. The standard InChI is InChI=1S/C6H7O2P.C3H6O2/c7-9(8)6-4-2-1-3-5-6;1-2-3(4)5/h1-5,9H,(H,7,8);2H2,1H3,(H,4,5). The number of hydrogen-bond donors (Lipinski definition) is 2. The van der Waals surface area contributed by atoms with Gasteiger partial charge in [0.1, 0.15) is 0 Å². The number of carboxylic acid groups (broad SMARTS) is 1. The van der Waals surface area contributed by atoms with Gasteiger partial charge in [0.05, 0.1) is 0 Å². The molecular formula is C9H13O4P. The zero-order valence-electron chi connectivity index (χ0n) is 7.80. The van der Waals surface area contributed by atoms with Crippen LogP contribution in [0.2, 0.25) is 0 Å². The minimum atomic E-state index is -2.46. The first-order valence-corrected chi connectivity index (χ1v) is 5.43. The Labute approximate surface area is 83.1 Å². The molecule has 0 aliphatic heterocycles. The van der Waals surface area contributed by atoms with Gasteiger partial charge in [-0.1, -0.05) is 25.1 Å². The van der Waals surface area contributed by atoms with Gasteiger partial charge in [0.25, 0.3) is 0 Å². The molecule has 0 spiro atoms. The van der Waals surface area contributed by atoms with Crippen LogP contribution in [0.4, 0.5) is 0 Å². The second-order valence-electron chi connectivity index (χ2n) is 2.42. The largest absolute Gasteiger partial charge is 0.481 e. The summed E-state index contributed by atoms with van der Waals surface area (Å²) >= 11 is 0. The third-order valence-corrected chi connectivity index (χ3v) is 2.15. The Hall–Kier alpha value is -1.12. The highest BCUT2D eigenvalue weighted by Gasteiger charge is 1.92. The van der Waals surface area contributed by atoms with Crippen molar-refractivity contribution >= 4 is 19.3 Å². The second kappa shape index (κ2) is 7.30. The van der Waals surface area contributed by atoms with E-state index < -0.39 is 14.0 Å². The molecule has 14 heavy (non-hydrogen) atoms. The molecule has 0 radical (unpaired) electrons. The van der Waals surface area contributed by atoms with Crippen LogP contribution in [0.15, 0.2) is 30.3 Å². The van der Waals surface area contributed by atoms with Crippen molar-refractivity contribution in [1.29, 1.82) is 0 Å².